The van der Waals surface area contributed by atoms with Crippen molar-refractivity contribution in [2.45, 2.75) is 12.3 Å². The van der Waals surface area contributed by atoms with E-state index in [2.05, 4.69) is 15.3 Å². The predicted molar refractivity (Wildman–Crippen MR) is 104 cm³/mol. The Morgan fingerprint density at radius 1 is 1.17 bits per heavy atom. The SMILES string of the molecule is Nc1nc(N2CCOCC2)nc2c1C(C(=O)Nc1ccc3c(c1)OCO3)CC(=O)O2. The average Bonchev–Trinajstić information content (AvgIpc) is 3.21. The molecule has 3 aliphatic heterocycles. The van der Waals surface area contributed by atoms with Gasteiger partial charge in [-0.15, -0.1) is 0 Å². The lowest BCUT2D eigenvalue weighted by Gasteiger charge is -2.29. The molecule has 4 heterocycles. The van der Waals surface area contributed by atoms with Crippen molar-refractivity contribution in [2.24, 2.45) is 0 Å². The van der Waals surface area contributed by atoms with Gasteiger partial charge in [-0.2, -0.15) is 9.97 Å². The van der Waals surface area contributed by atoms with Crippen molar-refractivity contribution in [1.29, 1.82) is 0 Å². The van der Waals surface area contributed by atoms with Gasteiger partial charge in [0.15, 0.2) is 11.5 Å². The van der Waals surface area contributed by atoms with Crippen LogP contribution in [0.3, 0.4) is 0 Å². The van der Waals surface area contributed by atoms with Crippen LogP contribution in [0.2, 0.25) is 0 Å². The maximum Gasteiger partial charge on any atom is 0.313 e. The van der Waals surface area contributed by atoms with Gasteiger partial charge < -0.3 is 34.9 Å². The fraction of sp³-hybridized carbons (Fsp3) is 0.368. The minimum Gasteiger partial charge on any atom is -0.454 e. The highest BCUT2D eigenvalue weighted by Gasteiger charge is 2.37. The smallest absolute Gasteiger partial charge is 0.313 e. The van der Waals surface area contributed by atoms with E-state index < -0.39 is 17.8 Å². The van der Waals surface area contributed by atoms with Gasteiger partial charge in [-0.3, -0.25) is 9.59 Å². The third-order valence-corrected chi connectivity index (χ3v) is 5.11. The number of hydrogen-bond acceptors (Lipinski definition) is 10. The Labute approximate surface area is 171 Å². The molecule has 0 saturated carbocycles. The maximum atomic E-state index is 13.0. The summed E-state index contributed by atoms with van der Waals surface area (Å²) in [6.07, 6.45) is -0.159. The average molecular weight is 413 g/mol. The number of rotatable bonds is 3. The number of carbonyl (C=O) groups is 2. The van der Waals surface area contributed by atoms with Gasteiger partial charge in [0.1, 0.15) is 5.82 Å². The van der Waals surface area contributed by atoms with E-state index in [4.69, 9.17) is 24.7 Å². The van der Waals surface area contributed by atoms with Crippen LogP contribution in [0, 0.1) is 0 Å². The minimum absolute atomic E-state index is 0.0195. The molecule has 0 aliphatic carbocycles. The van der Waals surface area contributed by atoms with Crippen LogP contribution in [-0.4, -0.2) is 54.9 Å². The molecule has 1 unspecified atom stereocenters. The Kier molecular flexibility index (Phi) is 4.51. The molecule has 11 heteroatoms. The van der Waals surface area contributed by atoms with Crippen LogP contribution < -0.4 is 30.2 Å². The lowest BCUT2D eigenvalue weighted by atomic mass is 9.93. The molecular weight excluding hydrogens is 394 g/mol. The van der Waals surface area contributed by atoms with Gasteiger partial charge in [0.05, 0.1) is 31.1 Å². The fourth-order valence-corrected chi connectivity index (χ4v) is 3.61. The molecule has 156 valence electrons. The molecule has 11 nitrogen and oxygen atoms in total. The van der Waals surface area contributed by atoms with Gasteiger partial charge in [0.25, 0.3) is 0 Å². The molecule has 1 atom stereocenters. The molecule has 0 radical (unpaired) electrons. The first-order valence-electron chi connectivity index (χ1n) is 9.50. The second-order valence-electron chi connectivity index (χ2n) is 7.02. The van der Waals surface area contributed by atoms with E-state index in [9.17, 15) is 9.59 Å². The van der Waals surface area contributed by atoms with Crippen LogP contribution in [0.25, 0.3) is 0 Å². The number of carbonyl (C=O) groups excluding carboxylic acids is 2. The van der Waals surface area contributed by atoms with E-state index in [0.717, 1.165) is 0 Å². The molecule has 2 aromatic rings. The van der Waals surface area contributed by atoms with Crippen LogP contribution in [-0.2, 0) is 14.3 Å². The minimum atomic E-state index is -0.870. The molecule has 1 saturated heterocycles. The van der Waals surface area contributed by atoms with Crippen molar-refractivity contribution in [3.8, 4) is 17.4 Å². The molecule has 1 amide bonds. The molecule has 1 fully saturated rings. The van der Waals surface area contributed by atoms with Crippen molar-refractivity contribution in [2.75, 3.05) is 49.0 Å². The monoisotopic (exact) mass is 413 g/mol. The predicted octanol–water partition coefficient (Wildman–Crippen LogP) is 0.655. The number of esters is 1. The van der Waals surface area contributed by atoms with Crippen LogP contribution >= 0.6 is 0 Å². The number of hydrogen-bond donors (Lipinski definition) is 2. The quantitative estimate of drug-likeness (QED) is 0.690. The van der Waals surface area contributed by atoms with E-state index in [-0.39, 0.29) is 24.9 Å². The van der Waals surface area contributed by atoms with Crippen LogP contribution in [0.1, 0.15) is 17.9 Å². The number of nitrogens with two attached hydrogens (primary N) is 1. The van der Waals surface area contributed by atoms with Gasteiger partial charge >= 0.3 is 5.97 Å². The van der Waals surface area contributed by atoms with Crippen LogP contribution in [0.5, 0.6) is 17.4 Å². The van der Waals surface area contributed by atoms with Crippen molar-refractivity contribution in [3.63, 3.8) is 0 Å². The number of fused-ring (bicyclic) bond motifs is 2. The number of aromatic nitrogens is 2. The number of nitrogens with zero attached hydrogens (tertiary/aromatic N) is 3. The number of nitrogen functional groups attached to an aromatic ring is 1. The summed E-state index contributed by atoms with van der Waals surface area (Å²) >= 11 is 0. The molecule has 30 heavy (non-hydrogen) atoms. The fourth-order valence-electron chi connectivity index (χ4n) is 3.61. The summed E-state index contributed by atoms with van der Waals surface area (Å²) in [5.74, 6) is -0.224. The second kappa shape index (κ2) is 7.34. The van der Waals surface area contributed by atoms with Gasteiger partial charge in [-0.1, -0.05) is 0 Å². The number of nitrogens with one attached hydrogen (secondary N) is 1. The number of anilines is 3. The van der Waals surface area contributed by atoms with Crippen LogP contribution in [0.15, 0.2) is 18.2 Å². The Morgan fingerprint density at radius 2 is 1.97 bits per heavy atom. The standard InChI is InChI=1S/C19H19N5O6/c20-16-15-11(17(26)21-10-1-2-12-13(7-10)29-9-28-12)8-14(25)30-18(15)23-19(22-16)24-3-5-27-6-4-24/h1-2,7,11H,3-6,8-9H2,(H,21,26)(H2,20,22,23). The van der Waals surface area contributed by atoms with Crippen LogP contribution in [0.4, 0.5) is 17.5 Å². The third-order valence-electron chi connectivity index (χ3n) is 5.11. The Hall–Kier alpha value is -3.60. The zero-order chi connectivity index (χ0) is 20.7. The van der Waals surface area contributed by atoms with E-state index in [1.807, 2.05) is 4.90 Å². The topological polar surface area (TPSA) is 138 Å². The molecule has 3 N–H and O–H groups in total. The van der Waals surface area contributed by atoms with Gasteiger partial charge in [-0.25, -0.2) is 0 Å². The van der Waals surface area contributed by atoms with Gasteiger partial charge in [0, 0.05) is 24.8 Å². The Bertz CT molecular complexity index is 1020. The lowest BCUT2D eigenvalue weighted by molar-refractivity contribution is -0.138. The van der Waals surface area contributed by atoms with E-state index in [1.165, 1.54) is 0 Å². The summed E-state index contributed by atoms with van der Waals surface area (Å²) in [6.45, 7) is 2.41. The molecule has 1 aromatic carbocycles. The molecule has 1 aromatic heterocycles. The largest absolute Gasteiger partial charge is 0.454 e. The van der Waals surface area contributed by atoms with Crippen molar-refractivity contribution in [3.05, 3.63) is 23.8 Å². The van der Waals surface area contributed by atoms with Gasteiger partial charge in [0.2, 0.25) is 24.5 Å². The Balaban J connectivity index is 1.42. The van der Waals surface area contributed by atoms with Crippen molar-refractivity contribution in [1.82, 2.24) is 9.97 Å². The third kappa shape index (κ3) is 3.32. The summed E-state index contributed by atoms with van der Waals surface area (Å²) in [5, 5.41) is 2.79. The molecule has 0 bridgehead atoms. The first kappa shape index (κ1) is 18.4. The van der Waals surface area contributed by atoms with Gasteiger partial charge in [-0.05, 0) is 12.1 Å². The first-order chi connectivity index (χ1) is 14.6. The number of amides is 1. The normalized spacial score (nSPS) is 19.8. The maximum absolute atomic E-state index is 13.0. The van der Waals surface area contributed by atoms with Crippen molar-refractivity contribution < 1.29 is 28.5 Å². The lowest BCUT2D eigenvalue weighted by Crippen LogP contribution is -2.38. The van der Waals surface area contributed by atoms with E-state index in [0.29, 0.717) is 55.0 Å². The summed E-state index contributed by atoms with van der Waals surface area (Å²) in [7, 11) is 0. The highest BCUT2D eigenvalue weighted by Crippen LogP contribution is 2.39. The summed E-state index contributed by atoms with van der Waals surface area (Å²) in [4.78, 5) is 35.8. The summed E-state index contributed by atoms with van der Waals surface area (Å²) < 4.78 is 21.2. The summed E-state index contributed by atoms with van der Waals surface area (Å²) in [6, 6.07) is 5.05. The number of morpholine rings is 1. The highest BCUT2D eigenvalue weighted by molar-refractivity contribution is 6.00. The second-order valence-corrected chi connectivity index (χ2v) is 7.02. The molecule has 0 spiro atoms. The Morgan fingerprint density at radius 3 is 2.80 bits per heavy atom. The van der Waals surface area contributed by atoms with Crippen molar-refractivity contribution >= 4 is 29.3 Å². The first-order valence-corrected chi connectivity index (χ1v) is 9.50. The molecule has 5 rings (SSSR count). The highest BCUT2D eigenvalue weighted by atomic mass is 16.7. The zero-order valence-corrected chi connectivity index (χ0v) is 15.9. The molecule has 3 aliphatic rings. The van der Waals surface area contributed by atoms with E-state index >= 15 is 0 Å². The number of ether oxygens (including phenoxy) is 4. The molecular formula is C19H19N5O6. The zero-order valence-electron chi connectivity index (χ0n) is 15.9. The summed E-state index contributed by atoms with van der Waals surface area (Å²) in [5.41, 5.74) is 6.99. The van der Waals surface area contributed by atoms with E-state index in [1.54, 1.807) is 18.2 Å². The number of benzene rings is 1.